The maximum Gasteiger partial charge on any atom is 0.0641 e. The molecule has 1 N–H and O–H groups in total. The van der Waals surface area contributed by atoms with Gasteiger partial charge in [0.05, 0.1) is 5.69 Å². The van der Waals surface area contributed by atoms with Gasteiger partial charge in [0.2, 0.25) is 0 Å². The summed E-state index contributed by atoms with van der Waals surface area (Å²) in [5.41, 5.74) is 3.82. The Hall–Kier alpha value is -0.190. The van der Waals surface area contributed by atoms with E-state index >= 15 is 0 Å². The van der Waals surface area contributed by atoms with Crippen LogP contribution < -0.4 is 5.32 Å². The molecule has 0 spiro atoms. The minimum Gasteiger partial charge on any atom is -0.312 e. The van der Waals surface area contributed by atoms with Crippen LogP contribution in [0.4, 0.5) is 0 Å². The quantitative estimate of drug-likeness (QED) is 0.800. The summed E-state index contributed by atoms with van der Waals surface area (Å²) in [6.07, 6.45) is 2.13. The van der Waals surface area contributed by atoms with Crippen molar-refractivity contribution < 1.29 is 0 Å². The maximum absolute atomic E-state index is 4.50. The molecule has 94 valence electrons. The zero-order valence-electron chi connectivity index (χ0n) is 10.5. The molecule has 0 aliphatic rings. The van der Waals surface area contributed by atoms with Crippen molar-refractivity contribution >= 4 is 24.2 Å². The number of thioether (sulfide) groups is 1. The Morgan fingerprint density at radius 3 is 2.56 bits per heavy atom. The molecule has 1 rings (SSSR count). The summed E-state index contributed by atoms with van der Waals surface area (Å²) in [6, 6.07) is 0. The first kappa shape index (κ1) is 15.8. The zero-order chi connectivity index (χ0) is 11.3. The van der Waals surface area contributed by atoms with Gasteiger partial charge in [-0.2, -0.15) is 16.9 Å². The Balaban J connectivity index is 0.00000225. The Morgan fingerprint density at radius 1 is 1.38 bits per heavy atom. The van der Waals surface area contributed by atoms with Crippen molar-refractivity contribution in [1.29, 1.82) is 0 Å². The topological polar surface area (TPSA) is 29.9 Å². The number of aryl methyl sites for hydroxylation is 2. The van der Waals surface area contributed by atoms with Crippen LogP contribution in [0.2, 0.25) is 0 Å². The van der Waals surface area contributed by atoms with Crippen LogP contribution >= 0.6 is 24.2 Å². The standard InChI is InChI=1S/C11H21N3S.ClH/c1-5-14-10(3)11(9(2)13-14)8-12-6-7-15-4;/h12H,5-8H2,1-4H3;1H. The first-order chi connectivity index (χ1) is 7.20. The van der Waals surface area contributed by atoms with Crippen LogP contribution in [0, 0.1) is 13.8 Å². The third kappa shape index (κ3) is 4.00. The predicted octanol–water partition coefficient (Wildman–Crippen LogP) is 2.39. The fourth-order valence-electron chi connectivity index (χ4n) is 1.69. The van der Waals surface area contributed by atoms with E-state index in [2.05, 4.69) is 42.1 Å². The van der Waals surface area contributed by atoms with E-state index in [-0.39, 0.29) is 12.4 Å². The Labute approximate surface area is 109 Å². The van der Waals surface area contributed by atoms with E-state index in [0.29, 0.717) is 0 Å². The largest absolute Gasteiger partial charge is 0.312 e. The number of rotatable bonds is 6. The highest BCUT2D eigenvalue weighted by Crippen LogP contribution is 2.12. The Bertz CT molecular complexity index is 312. The van der Waals surface area contributed by atoms with Gasteiger partial charge >= 0.3 is 0 Å². The van der Waals surface area contributed by atoms with Gasteiger partial charge in [-0.05, 0) is 27.0 Å². The minimum absolute atomic E-state index is 0. The molecule has 1 heterocycles. The fourth-order valence-corrected chi connectivity index (χ4v) is 2.03. The molecule has 0 saturated carbocycles. The first-order valence-electron chi connectivity index (χ1n) is 5.43. The summed E-state index contributed by atoms with van der Waals surface area (Å²) < 4.78 is 2.07. The lowest BCUT2D eigenvalue weighted by atomic mass is 10.2. The molecule has 0 aliphatic heterocycles. The average Bonchev–Trinajstić information content (AvgIpc) is 2.50. The van der Waals surface area contributed by atoms with Crippen molar-refractivity contribution in [2.75, 3.05) is 18.6 Å². The molecule has 1 aromatic heterocycles. The van der Waals surface area contributed by atoms with Crippen LogP contribution in [0.3, 0.4) is 0 Å². The van der Waals surface area contributed by atoms with Crippen LogP contribution in [0.1, 0.15) is 23.9 Å². The molecule has 16 heavy (non-hydrogen) atoms. The Morgan fingerprint density at radius 2 is 2.06 bits per heavy atom. The summed E-state index contributed by atoms with van der Waals surface area (Å²) >= 11 is 1.87. The van der Waals surface area contributed by atoms with Crippen LogP contribution in [0.15, 0.2) is 0 Å². The van der Waals surface area contributed by atoms with E-state index in [1.807, 2.05) is 11.8 Å². The normalized spacial score (nSPS) is 10.2. The molecule has 5 heteroatoms. The van der Waals surface area contributed by atoms with Gasteiger partial charge in [-0.3, -0.25) is 4.68 Å². The molecule has 0 aromatic carbocycles. The second-order valence-corrected chi connectivity index (χ2v) is 4.62. The Kier molecular flexibility index (Phi) is 7.89. The molecular weight excluding hydrogens is 242 g/mol. The van der Waals surface area contributed by atoms with Gasteiger partial charge in [-0.1, -0.05) is 0 Å². The predicted molar refractivity (Wildman–Crippen MR) is 74.7 cm³/mol. The van der Waals surface area contributed by atoms with Crippen molar-refractivity contribution in [1.82, 2.24) is 15.1 Å². The van der Waals surface area contributed by atoms with Gasteiger partial charge < -0.3 is 5.32 Å². The summed E-state index contributed by atoms with van der Waals surface area (Å²) in [5.74, 6) is 1.17. The zero-order valence-corrected chi connectivity index (χ0v) is 12.2. The van der Waals surface area contributed by atoms with E-state index < -0.39 is 0 Å². The van der Waals surface area contributed by atoms with Gasteiger partial charge in [0, 0.05) is 36.6 Å². The summed E-state index contributed by atoms with van der Waals surface area (Å²) in [7, 11) is 0. The number of halogens is 1. The molecule has 1 aromatic rings. The van der Waals surface area contributed by atoms with Crippen molar-refractivity contribution in [2.45, 2.75) is 33.9 Å². The second kappa shape index (κ2) is 7.98. The lowest BCUT2D eigenvalue weighted by Gasteiger charge is -2.04. The van der Waals surface area contributed by atoms with Crippen LogP contribution in [-0.2, 0) is 13.1 Å². The van der Waals surface area contributed by atoms with Crippen molar-refractivity contribution in [2.24, 2.45) is 0 Å². The van der Waals surface area contributed by atoms with Crippen molar-refractivity contribution in [3.8, 4) is 0 Å². The summed E-state index contributed by atoms with van der Waals surface area (Å²) in [5, 5.41) is 7.95. The number of hydrogen-bond acceptors (Lipinski definition) is 3. The van der Waals surface area contributed by atoms with E-state index in [0.717, 1.165) is 25.3 Å². The number of nitrogens with zero attached hydrogens (tertiary/aromatic N) is 2. The van der Waals surface area contributed by atoms with E-state index in [1.54, 1.807) is 0 Å². The number of hydrogen-bond donors (Lipinski definition) is 1. The van der Waals surface area contributed by atoms with Crippen LogP contribution in [0.25, 0.3) is 0 Å². The molecule has 0 aliphatic carbocycles. The van der Waals surface area contributed by atoms with Crippen molar-refractivity contribution in [3.63, 3.8) is 0 Å². The average molecular weight is 264 g/mol. The summed E-state index contributed by atoms with van der Waals surface area (Å²) in [4.78, 5) is 0. The maximum atomic E-state index is 4.50. The molecule has 0 radical (unpaired) electrons. The van der Waals surface area contributed by atoms with Crippen LogP contribution in [-0.4, -0.2) is 28.3 Å². The molecular formula is C11H22ClN3S. The molecule has 3 nitrogen and oxygen atoms in total. The minimum atomic E-state index is 0. The molecule has 0 unspecified atom stereocenters. The van der Waals surface area contributed by atoms with Gasteiger partial charge in [0.15, 0.2) is 0 Å². The first-order valence-corrected chi connectivity index (χ1v) is 6.82. The SMILES string of the molecule is CCn1nc(C)c(CNCCSC)c1C.Cl. The van der Waals surface area contributed by atoms with Gasteiger partial charge in [0.1, 0.15) is 0 Å². The molecule has 0 fully saturated rings. The number of aromatic nitrogens is 2. The molecule has 0 saturated heterocycles. The van der Waals surface area contributed by atoms with Gasteiger partial charge in [0.25, 0.3) is 0 Å². The second-order valence-electron chi connectivity index (χ2n) is 3.63. The van der Waals surface area contributed by atoms with Crippen molar-refractivity contribution in [3.05, 3.63) is 17.0 Å². The third-order valence-electron chi connectivity index (χ3n) is 2.62. The van der Waals surface area contributed by atoms with E-state index in [4.69, 9.17) is 0 Å². The van der Waals surface area contributed by atoms with Crippen LogP contribution in [0.5, 0.6) is 0 Å². The van der Waals surface area contributed by atoms with Gasteiger partial charge in [-0.15, -0.1) is 12.4 Å². The monoisotopic (exact) mass is 263 g/mol. The lowest BCUT2D eigenvalue weighted by molar-refractivity contribution is 0.632. The highest BCUT2D eigenvalue weighted by Gasteiger charge is 2.09. The molecule has 0 amide bonds. The summed E-state index contributed by atoms with van der Waals surface area (Å²) in [6.45, 7) is 9.33. The highest BCUT2D eigenvalue weighted by molar-refractivity contribution is 7.98. The smallest absolute Gasteiger partial charge is 0.0641 e. The number of nitrogens with one attached hydrogen (secondary N) is 1. The van der Waals surface area contributed by atoms with Gasteiger partial charge in [-0.25, -0.2) is 0 Å². The van der Waals surface area contributed by atoms with E-state index in [1.165, 1.54) is 17.0 Å². The highest BCUT2D eigenvalue weighted by atomic mass is 35.5. The third-order valence-corrected chi connectivity index (χ3v) is 3.23. The molecule has 0 bridgehead atoms. The lowest BCUT2D eigenvalue weighted by Crippen LogP contribution is -2.17. The molecule has 0 atom stereocenters. The fraction of sp³-hybridized carbons (Fsp3) is 0.727. The van der Waals surface area contributed by atoms with E-state index in [9.17, 15) is 0 Å².